The van der Waals surface area contributed by atoms with E-state index >= 15 is 0 Å². The molecule has 0 bridgehead atoms. The van der Waals surface area contributed by atoms with E-state index in [-0.39, 0.29) is 5.41 Å². The van der Waals surface area contributed by atoms with Gasteiger partial charge in [-0.3, -0.25) is 0 Å². The molecule has 9 aromatic rings. The molecule has 9 aromatic carbocycles. The normalized spacial score (nSPS) is 15.8. The van der Waals surface area contributed by atoms with Crippen LogP contribution in [0.1, 0.15) is 90.5 Å². The summed E-state index contributed by atoms with van der Waals surface area (Å²) in [6.45, 7) is 4.84. The molecule has 1 saturated carbocycles. The van der Waals surface area contributed by atoms with Crippen molar-refractivity contribution >= 4 is 92.0 Å². The standard InChI is InChI=1S/C70H56N2/c1-48-25-37-58(71-66-21-9-3-15-51(66)29-30-52-16-4-10-22-67(52)71)39-42-60(48)64-40-27-49(45-65(64)70(2)43-13-14-44-70)26-28-50-36-41-62(63-20-8-7-19-61(50)63)57-34-33-56-47-59(38-35-55(56)46-57)72-68-23-11-5-17-53(68)31-32-54-18-6-12-24-69(54)72/h3-12,15-24,26-42,45-47H,13-14,25,43-44H2,1-2H3/b28-26+. The van der Waals surface area contributed by atoms with Crippen molar-refractivity contribution < 1.29 is 0 Å². The maximum absolute atomic E-state index is 2.51. The van der Waals surface area contributed by atoms with E-state index in [1.54, 1.807) is 0 Å². The molecule has 0 atom stereocenters. The maximum Gasteiger partial charge on any atom is 0.0534 e. The smallest absolute Gasteiger partial charge is 0.0534 e. The van der Waals surface area contributed by atoms with Crippen LogP contribution in [-0.2, 0) is 5.41 Å². The van der Waals surface area contributed by atoms with E-state index in [4.69, 9.17) is 0 Å². The van der Waals surface area contributed by atoms with Gasteiger partial charge >= 0.3 is 0 Å². The van der Waals surface area contributed by atoms with E-state index in [2.05, 4.69) is 266 Å². The summed E-state index contributed by atoms with van der Waals surface area (Å²) in [6, 6.07) is 69.5. The molecule has 1 fully saturated rings. The number of rotatable bonds is 7. The molecule has 2 aliphatic carbocycles. The predicted octanol–water partition coefficient (Wildman–Crippen LogP) is 19.6. The Bertz CT molecular complexity index is 3730. The molecule has 2 aliphatic heterocycles. The second kappa shape index (κ2) is 18.1. The molecule has 13 rings (SSSR count). The van der Waals surface area contributed by atoms with E-state index in [0.29, 0.717) is 0 Å². The quantitative estimate of drug-likeness (QED) is 0.147. The van der Waals surface area contributed by atoms with Crippen molar-refractivity contribution in [3.8, 4) is 11.1 Å². The van der Waals surface area contributed by atoms with Gasteiger partial charge < -0.3 is 9.80 Å². The second-order valence-corrected chi connectivity index (χ2v) is 20.3. The first-order valence-electron chi connectivity index (χ1n) is 25.8. The van der Waals surface area contributed by atoms with Gasteiger partial charge in [0.05, 0.1) is 22.7 Å². The summed E-state index contributed by atoms with van der Waals surface area (Å²) < 4.78 is 0. The van der Waals surface area contributed by atoms with E-state index < -0.39 is 0 Å². The summed E-state index contributed by atoms with van der Waals surface area (Å²) in [6.07, 6.45) is 26.7. The summed E-state index contributed by atoms with van der Waals surface area (Å²) >= 11 is 0. The van der Waals surface area contributed by atoms with Gasteiger partial charge in [0, 0.05) is 11.4 Å². The van der Waals surface area contributed by atoms with Crippen molar-refractivity contribution in [1.29, 1.82) is 0 Å². The van der Waals surface area contributed by atoms with Crippen LogP contribution in [-0.4, -0.2) is 0 Å². The van der Waals surface area contributed by atoms with Gasteiger partial charge in [-0.2, -0.15) is 0 Å². The van der Waals surface area contributed by atoms with Gasteiger partial charge in [0.25, 0.3) is 0 Å². The summed E-state index contributed by atoms with van der Waals surface area (Å²) in [4.78, 5) is 4.85. The van der Waals surface area contributed by atoms with Crippen LogP contribution in [0.2, 0.25) is 0 Å². The van der Waals surface area contributed by atoms with Gasteiger partial charge in [-0.05, 0) is 163 Å². The molecule has 4 aliphatic rings. The summed E-state index contributed by atoms with van der Waals surface area (Å²) in [5.41, 5.74) is 22.6. The SMILES string of the molecule is CC1=C(c2ccc(/C=C/c3ccc(-c4ccc5cc(N6c7ccccc7C=Cc7ccccc76)ccc5c4)c4ccccc34)cc2C2(C)CCCC2)C=CC(N2c3ccccc3C=Cc3ccccc32)=CC1. The molecule has 0 unspecified atom stereocenters. The lowest BCUT2D eigenvalue weighted by atomic mass is 9.76. The van der Waals surface area contributed by atoms with Crippen molar-refractivity contribution in [3.05, 3.63) is 262 Å². The molecule has 2 heteroatoms. The third-order valence-corrected chi connectivity index (χ3v) is 15.8. The van der Waals surface area contributed by atoms with Gasteiger partial charge in [0.15, 0.2) is 0 Å². The average molecular weight is 925 g/mol. The Morgan fingerprint density at radius 2 is 1.01 bits per heavy atom. The molecule has 2 nitrogen and oxygen atoms in total. The lowest BCUT2D eigenvalue weighted by molar-refractivity contribution is 0.490. The summed E-state index contributed by atoms with van der Waals surface area (Å²) in [7, 11) is 0. The summed E-state index contributed by atoms with van der Waals surface area (Å²) in [5, 5.41) is 4.96. The first kappa shape index (κ1) is 43.6. The minimum absolute atomic E-state index is 0.119. The van der Waals surface area contributed by atoms with Gasteiger partial charge in [0.1, 0.15) is 0 Å². The van der Waals surface area contributed by atoms with Crippen molar-refractivity contribution in [2.24, 2.45) is 0 Å². The molecular formula is C70H56N2. The Kier molecular flexibility index (Phi) is 10.9. The number of nitrogens with zero attached hydrogens (tertiary/aromatic N) is 2. The van der Waals surface area contributed by atoms with Crippen molar-refractivity contribution in [2.75, 3.05) is 9.80 Å². The van der Waals surface area contributed by atoms with Gasteiger partial charge in [0.2, 0.25) is 0 Å². The van der Waals surface area contributed by atoms with Crippen LogP contribution in [0.15, 0.2) is 218 Å². The monoisotopic (exact) mass is 924 g/mol. The second-order valence-electron chi connectivity index (χ2n) is 20.3. The molecule has 0 N–H and O–H groups in total. The van der Waals surface area contributed by atoms with E-state index in [0.717, 1.165) is 12.1 Å². The highest BCUT2D eigenvalue weighted by Gasteiger charge is 2.34. The van der Waals surface area contributed by atoms with Crippen molar-refractivity contribution in [3.63, 3.8) is 0 Å². The molecule has 0 aromatic heterocycles. The highest BCUT2D eigenvalue weighted by atomic mass is 15.2. The minimum Gasteiger partial charge on any atom is -0.310 e. The number of allylic oxidation sites excluding steroid dienone is 5. The molecule has 2 heterocycles. The number of para-hydroxylation sites is 4. The number of hydrogen-bond acceptors (Lipinski definition) is 2. The molecular weight excluding hydrogens is 869 g/mol. The molecule has 346 valence electrons. The van der Waals surface area contributed by atoms with Crippen LogP contribution < -0.4 is 9.80 Å². The van der Waals surface area contributed by atoms with Crippen LogP contribution in [0.4, 0.5) is 28.4 Å². The molecule has 0 amide bonds. The Morgan fingerprint density at radius 1 is 0.458 bits per heavy atom. The Hall–Kier alpha value is -8.46. The topological polar surface area (TPSA) is 6.48 Å². The van der Waals surface area contributed by atoms with Crippen LogP contribution in [0.3, 0.4) is 0 Å². The number of fused-ring (bicyclic) bond motifs is 6. The zero-order chi connectivity index (χ0) is 48.2. The van der Waals surface area contributed by atoms with E-state index in [9.17, 15) is 0 Å². The first-order chi connectivity index (χ1) is 35.5. The predicted molar refractivity (Wildman–Crippen MR) is 310 cm³/mol. The fraction of sp³-hybridized carbons (Fsp3) is 0.114. The summed E-state index contributed by atoms with van der Waals surface area (Å²) in [5.74, 6) is 0. The highest BCUT2D eigenvalue weighted by Crippen LogP contribution is 2.47. The Labute approximate surface area is 424 Å². The molecule has 0 radical (unpaired) electrons. The average Bonchev–Trinajstić information content (AvgIpc) is 3.59. The van der Waals surface area contributed by atoms with Gasteiger partial charge in [-0.1, -0.05) is 220 Å². The van der Waals surface area contributed by atoms with Crippen molar-refractivity contribution in [2.45, 2.75) is 51.4 Å². The largest absolute Gasteiger partial charge is 0.310 e. The molecule has 0 saturated heterocycles. The third-order valence-electron chi connectivity index (χ3n) is 15.8. The number of benzene rings is 9. The van der Waals surface area contributed by atoms with Crippen molar-refractivity contribution in [1.82, 2.24) is 0 Å². The van der Waals surface area contributed by atoms with Gasteiger partial charge in [-0.15, -0.1) is 0 Å². The van der Waals surface area contributed by atoms with Gasteiger partial charge in [-0.25, -0.2) is 0 Å². The van der Waals surface area contributed by atoms with Crippen LogP contribution in [0, 0.1) is 0 Å². The fourth-order valence-corrected chi connectivity index (χ4v) is 12.0. The Balaban J connectivity index is 0.813. The number of hydrogen-bond donors (Lipinski definition) is 0. The molecule has 0 spiro atoms. The highest BCUT2D eigenvalue weighted by molar-refractivity contribution is 6.04. The number of anilines is 5. The lowest BCUT2D eigenvalue weighted by Gasteiger charge is -2.29. The Morgan fingerprint density at radius 3 is 1.67 bits per heavy atom. The third kappa shape index (κ3) is 7.76. The lowest BCUT2D eigenvalue weighted by Crippen LogP contribution is -2.19. The van der Waals surface area contributed by atoms with Crippen LogP contribution in [0.5, 0.6) is 0 Å². The van der Waals surface area contributed by atoms with Crippen LogP contribution in [0.25, 0.3) is 74.7 Å². The maximum atomic E-state index is 2.51. The van der Waals surface area contributed by atoms with Crippen LogP contribution >= 0.6 is 0 Å². The zero-order valence-corrected chi connectivity index (χ0v) is 41.0. The zero-order valence-electron chi connectivity index (χ0n) is 41.0. The minimum atomic E-state index is 0.119. The fourth-order valence-electron chi connectivity index (χ4n) is 12.0. The molecule has 72 heavy (non-hydrogen) atoms. The first-order valence-corrected chi connectivity index (χ1v) is 25.8. The van der Waals surface area contributed by atoms with E-state index in [1.165, 1.54) is 142 Å². The van der Waals surface area contributed by atoms with E-state index in [1.807, 2.05) is 0 Å².